The Balaban J connectivity index is 1.77. The van der Waals surface area contributed by atoms with Crippen LogP contribution in [0.5, 0.6) is 0 Å². The van der Waals surface area contributed by atoms with Crippen LogP contribution in [-0.4, -0.2) is 19.5 Å². The van der Waals surface area contributed by atoms with Gasteiger partial charge in [0.1, 0.15) is 18.0 Å². The molecule has 26 heavy (non-hydrogen) atoms. The highest BCUT2D eigenvalue weighted by atomic mass is 15.2. The van der Waals surface area contributed by atoms with Gasteiger partial charge in [0.2, 0.25) is 5.95 Å². The summed E-state index contributed by atoms with van der Waals surface area (Å²) in [6.45, 7) is 6.20. The molecule has 6 nitrogen and oxygen atoms in total. The highest BCUT2D eigenvalue weighted by Gasteiger charge is 2.13. The summed E-state index contributed by atoms with van der Waals surface area (Å²) in [6, 6.07) is 14.1. The number of rotatable bonds is 3. The Kier molecular flexibility index (Phi) is 3.80. The fourth-order valence-electron chi connectivity index (χ4n) is 2.91. The molecular weight excluding hydrogens is 324 g/mol. The van der Waals surface area contributed by atoms with Crippen molar-refractivity contribution >= 4 is 28.5 Å². The third kappa shape index (κ3) is 2.86. The van der Waals surface area contributed by atoms with E-state index in [0.717, 1.165) is 16.7 Å². The van der Waals surface area contributed by atoms with Crippen molar-refractivity contribution in [2.45, 2.75) is 20.8 Å². The fraction of sp³-hybridized carbons (Fsp3) is 0.150. The van der Waals surface area contributed by atoms with Crippen LogP contribution in [0, 0.1) is 20.8 Å². The minimum absolute atomic E-state index is 0.407. The number of hydrogen-bond donors (Lipinski definition) is 2. The molecule has 4 rings (SSSR count). The Labute approximate surface area is 151 Å². The third-order valence-corrected chi connectivity index (χ3v) is 4.50. The van der Waals surface area contributed by atoms with E-state index in [1.807, 2.05) is 28.8 Å². The van der Waals surface area contributed by atoms with E-state index in [1.54, 1.807) is 0 Å². The molecular formula is C20H20N6. The number of aromatic nitrogens is 4. The maximum Gasteiger partial charge on any atom is 0.207 e. The van der Waals surface area contributed by atoms with Gasteiger partial charge in [-0.15, -0.1) is 0 Å². The summed E-state index contributed by atoms with van der Waals surface area (Å²) in [5.41, 5.74) is 12.5. The average molecular weight is 344 g/mol. The summed E-state index contributed by atoms with van der Waals surface area (Å²) in [7, 11) is 0. The molecule has 4 aromatic rings. The lowest BCUT2D eigenvalue weighted by atomic mass is 10.1. The van der Waals surface area contributed by atoms with Gasteiger partial charge in [-0.05, 0) is 56.2 Å². The van der Waals surface area contributed by atoms with Crippen LogP contribution in [-0.2, 0) is 0 Å². The molecule has 0 aliphatic heterocycles. The Hall–Kier alpha value is -3.41. The summed E-state index contributed by atoms with van der Waals surface area (Å²) in [6.07, 6.45) is 1.53. The predicted octanol–water partition coefficient (Wildman–Crippen LogP) is 4.07. The van der Waals surface area contributed by atoms with Crippen LogP contribution in [0.1, 0.15) is 16.7 Å². The van der Waals surface area contributed by atoms with Crippen molar-refractivity contribution in [3.63, 3.8) is 0 Å². The Bertz CT molecular complexity index is 1100. The van der Waals surface area contributed by atoms with Gasteiger partial charge in [-0.25, -0.2) is 15.0 Å². The van der Waals surface area contributed by atoms with Gasteiger partial charge in [0.05, 0.1) is 11.0 Å². The minimum atomic E-state index is 0.407. The number of fused-ring (bicyclic) bond motifs is 1. The van der Waals surface area contributed by atoms with Gasteiger partial charge in [-0.2, -0.15) is 0 Å². The number of benzene rings is 2. The molecule has 2 heterocycles. The molecule has 0 spiro atoms. The second-order valence-electron chi connectivity index (χ2n) is 6.48. The number of nitrogen functional groups attached to an aromatic ring is 1. The number of nitrogens with zero attached hydrogens (tertiary/aromatic N) is 4. The first-order valence-electron chi connectivity index (χ1n) is 8.42. The Morgan fingerprint density at radius 1 is 0.923 bits per heavy atom. The van der Waals surface area contributed by atoms with Gasteiger partial charge >= 0.3 is 0 Å². The number of hydrogen-bond acceptors (Lipinski definition) is 5. The van der Waals surface area contributed by atoms with Gasteiger partial charge in [0.15, 0.2) is 0 Å². The molecule has 6 heteroatoms. The molecule has 0 radical (unpaired) electrons. The van der Waals surface area contributed by atoms with Crippen molar-refractivity contribution in [3.05, 3.63) is 65.5 Å². The molecule has 0 atom stereocenters. The first kappa shape index (κ1) is 16.1. The summed E-state index contributed by atoms with van der Waals surface area (Å²) in [5, 5.41) is 3.30. The number of anilines is 3. The monoisotopic (exact) mass is 344 g/mol. The fourth-order valence-corrected chi connectivity index (χ4v) is 2.91. The molecule has 0 saturated carbocycles. The maximum absolute atomic E-state index is 6.18. The molecule has 0 saturated heterocycles. The van der Waals surface area contributed by atoms with E-state index < -0.39 is 0 Å². The molecule has 0 unspecified atom stereocenters. The summed E-state index contributed by atoms with van der Waals surface area (Å²) in [5.74, 6) is 1.78. The summed E-state index contributed by atoms with van der Waals surface area (Å²) >= 11 is 0. The second-order valence-corrected chi connectivity index (χ2v) is 6.48. The van der Waals surface area contributed by atoms with Gasteiger partial charge in [-0.1, -0.05) is 17.7 Å². The molecule has 0 aliphatic rings. The smallest absolute Gasteiger partial charge is 0.207 e. The average Bonchev–Trinajstić information content (AvgIpc) is 2.92. The SMILES string of the molecule is Cc1ccc(Nc2cc(-n3c(N)nc4cc(C)c(C)cc43)ncn2)cc1. The largest absolute Gasteiger partial charge is 0.369 e. The van der Waals surface area contributed by atoms with E-state index in [0.29, 0.717) is 17.6 Å². The van der Waals surface area contributed by atoms with Crippen LogP contribution in [0.3, 0.4) is 0 Å². The summed E-state index contributed by atoms with van der Waals surface area (Å²) < 4.78 is 1.85. The zero-order chi connectivity index (χ0) is 18.3. The second kappa shape index (κ2) is 6.15. The topological polar surface area (TPSA) is 81.7 Å². The van der Waals surface area contributed by atoms with E-state index in [9.17, 15) is 0 Å². The van der Waals surface area contributed by atoms with Gasteiger partial charge < -0.3 is 11.1 Å². The van der Waals surface area contributed by atoms with Crippen LogP contribution >= 0.6 is 0 Å². The molecule has 130 valence electrons. The lowest BCUT2D eigenvalue weighted by Crippen LogP contribution is -2.04. The van der Waals surface area contributed by atoms with Crippen LogP contribution in [0.4, 0.5) is 17.5 Å². The van der Waals surface area contributed by atoms with E-state index in [-0.39, 0.29) is 0 Å². The van der Waals surface area contributed by atoms with Crippen molar-refractivity contribution < 1.29 is 0 Å². The van der Waals surface area contributed by atoms with Crippen LogP contribution in [0.15, 0.2) is 48.8 Å². The first-order valence-corrected chi connectivity index (χ1v) is 8.42. The minimum Gasteiger partial charge on any atom is -0.369 e. The molecule has 2 aromatic carbocycles. The zero-order valence-corrected chi connectivity index (χ0v) is 15.0. The Morgan fingerprint density at radius 3 is 2.42 bits per heavy atom. The van der Waals surface area contributed by atoms with Crippen LogP contribution in [0.25, 0.3) is 16.9 Å². The lowest BCUT2D eigenvalue weighted by Gasteiger charge is -2.10. The van der Waals surface area contributed by atoms with Crippen molar-refractivity contribution in [1.82, 2.24) is 19.5 Å². The van der Waals surface area contributed by atoms with Crippen LogP contribution < -0.4 is 11.1 Å². The maximum atomic E-state index is 6.18. The Morgan fingerprint density at radius 2 is 1.65 bits per heavy atom. The molecule has 0 bridgehead atoms. The normalized spacial score (nSPS) is 11.0. The number of imidazole rings is 1. The van der Waals surface area contributed by atoms with Gasteiger partial charge in [0.25, 0.3) is 0 Å². The standard InChI is InChI=1S/C20H20N6/c1-12-4-6-15(7-5-12)24-18-10-19(23-11-22-18)26-17-9-14(3)13(2)8-16(17)25-20(26)21/h4-11H,1-3H3,(H2,21,25)(H,22,23,24). The lowest BCUT2D eigenvalue weighted by molar-refractivity contribution is 1.01. The van der Waals surface area contributed by atoms with Gasteiger partial charge in [-0.3, -0.25) is 4.57 Å². The predicted molar refractivity (Wildman–Crippen MR) is 105 cm³/mol. The number of nitrogens with one attached hydrogen (secondary N) is 1. The highest BCUT2D eigenvalue weighted by molar-refractivity contribution is 5.82. The molecule has 2 aromatic heterocycles. The van der Waals surface area contributed by atoms with Crippen molar-refractivity contribution in [2.75, 3.05) is 11.1 Å². The van der Waals surface area contributed by atoms with Crippen molar-refractivity contribution in [1.29, 1.82) is 0 Å². The van der Waals surface area contributed by atoms with E-state index >= 15 is 0 Å². The molecule has 3 N–H and O–H groups in total. The van der Waals surface area contributed by atoms with E-state index in [4.69, 9.17) is 5.73 Å². The quantitative estimate of drug-likeness (QED) is 0.585. The first-order chi connectivity index (χ1) is 12.5. The zero-order valence-electron chi connectivity index (χ0n) is 15.0. The summed E-state index contributed by atoms with van der Waals surface area (Å²) in [4.78, 5) is 13.2. The molecule has 0 fully saturated rings. The van der Waals surface area contributed by atoms with E-state index in [2.05, 4.69) is 59.2 Å². The highest BCUT2D eigenvalue weighted by Crippen LogP contribution is 2.26. The van der Waals surface area contributed by atoms with E-state index in [1.165, 1.54) is 23.0 Å². The molecule has 0 aliphatic carbocycles. The number of nitrogens with two attached hydrogens (primary N) is 1. The number of aryl methyl sites for hydroxylation is 3. The van der Waals surface area contributed by atoms with Crippen molar-refractivity contribution in [3.8, 4) is 5.82 Å². The molecule has 0 amide bonds. The van der Waals surface area contributed by atoms with Crippen LogP contribution in [0.2, 0.25) is 0 Å². The third-order valence-electron chi connectivity index (χ3n) is 4.50. The van der Waals surface area contributed by atoms with Crippen molar-refractivity contribution in [2.24, 2.45) is 0 Å². The van der Waals surface area contributed by atoms with Gasteiger partial charge in [0, 0.05) is 11.8 Å².